The summed E-state index contributed by atoms with van der Waals surface area (Å²) in [6.45, 7) is 7.10. The Morgan fingerprint density at radius 3 is 2.20 bits per heavy atom. The van der Waals surface area contributed by atoms with Gasteiger partial charge in [0.1, 0.15) is 12.1 Å². The Bertz CT molecular complexity index is 1680. The van der Waals surface area contributed by atoms with Gasteiger partial charge in [-0.3, -0.25) is 33.8 Å². The van der Waals surface area contributed by atoms with Gasteiger partial charge in [-0.05, 0) is 48.8 Å². The minimum absolute atomic E-state index is 0.0664. The smallest absolute Gasteiger partial charge is 0.323 e. The Morgan fingerprint density at radius 1 is 0.900 bits per heavy atom. The van der Waals surface area contributed by atoms with Gasteiger partial charge in [0.2, 0.25) is 17.7 Å². The number of amides is 4. The van der Waals surface area contributed by atoms with Gasteiger partial charge in [0.05, 0.1) is 12.1 Å². The van der Waals surface area contributed by atoms with Crippen molar-refractivity contribution in [1.29, 1.82) is 0 Å². The van der Waals surface area contributed by atoms with Crippen molar-refractivity contribution in [3.05, 3.63) is 69.8 Å². The number of aromatic amines is 1. The fourth-order valence-electron chi connectivity index (χ4n) is 5.06. The number of nitrogens with one attached hydrogen (secondary N) is 5. The average Bonchev–Trinajstić information content (AvgIpc) is 3.51. The van der Waals surface area contributed by atoms with E-state index in [-0.39, 0.29) is 36.5 Å². The van der Waals surface area contributed by atoms with Crippen LogP contribution in [-0.2, 0) is 30.4 Å². The monoisotopic (exact) mass is 711 g/mol. The first-order valence-electron chi connectivity index (χ1n) is 16.2. The topological polar surface area (TPSA) is 246 Å². The number of carboxylic acid groups (broad SMARTS) is 1. The van der Waals surface area contributed by atoms with Gasteiger partial charge in [0.25, 0.3) is 5.91 Å². The molecule has 9 N–H and O–H groups in total. The summed E-state index contributed by atoms with van der Waals surface area (Å²) in [5.74, 6) is -4.08. The molecule has 0 saturated carbocycles. The van der Waals surface area contributed by atoms with Crippen LogP contribution < -0.4 is 31.9 Å². The van der Waals surface area contributed by atoms with Gasteiger partial charge in [-0.1, -0.05) is 70.2 Å². The minimum atomic E-state index is -1.73. The molecule has 0 saturated heterocycles. The standard InChI is InChI=1S/C34H45N7O8S/c1-18(2)15-25(38-32(47)27(19(3)4)39-30(45)23(35)13-14-26(42)43)31(46)37-24(16-20-9-6-5-7-10-20)28(44)33(48)36-22-12-8-11-21(17-22)29-40-34(49)50-41-29/h5-12,17-19,23-25,27-28,44H,13-16,35H2,1-4H3,(H,36,48)(H,37,46)(H,38,47)(H,39,45)(H,42,43)(H,40,41,49)/t23-,24-,25-,27-,28+/m0/s1. The highest BCUT2D eigenvalue weighted by atomic mass is 32.1. The number of anilines is 1. The summed E-state index contributed by atoms with van der Waals surface area (Å²) < 4.78 is 4.05. The number of carbonyl (C=O) groups is 5. The molecule has 5 atom stereocenters. The molecule has 1 heterocycles. The quantitative estimate of drug-likeness (QED) is 0.0942. The molecular formula is C34H45N7O8S. The zero-order valence-corrected chi connectivity index (χ0v) is 29.2. The number of hydrogen-bond donors (Lipinski definition) is 8. The molecule has 0 bridgehead atoms. The predicted molar refractivity (Wildman–Crippen MR) is 188 cm³/mol. The molecule has 4 amide bonds. The first kappa shape index (κ1) is 39.5. The molecule has 0 radical (unpaired) electrons. The number of carbonyl (C=O) groups excluding carboxylic acids is 4. The van der Waals surface area contributed by atoms with E-state index in [0.717, 1.165) is 17.1 Å². The summed E-state index contributed by atoms with van der Waals surface area (Å²) in [5.41, 5.74) is 7.42. The number of carboxylic acids is 1. The summed E-state index contributed by atoms with van der Waals surface area (Å²) in [7, 11) is 0. The number of hydrogen-bond acceptors (Lipinski definition) is 10. The average molecular weight is 712 g/mol. The lowest BCUT2D eigenvalue weighted by Gasteiger charge is -2.29. The highest BCUT2D eigenvalue weighted by Crippen LogP contribution is 2.20. The Morgan fingerprint density at radius 2 is 1.60 bits per heavy atom. The number of benzene rings is 2. The first-order chi connectivity index (χ1) is 23.6. The van der Waals surface area contributed by atoms with E-state index in [9.17, 15) is 33.9 Å². The van der Waals surface area contributed by atoms with Crippen LogP contribution in [0.25, 0.3) is 11.4 Å². The zero-order valence-electron chi connectivity index (χ0n) is 28.3. The lowest BCUT2D eigenvalue weighted by Crippen LogP contribution is -2.59. The number of nitrogens with two attached hydrogens (primary N) is 1. The van der Waals surface area contributed by atoms with Gasteiger partial charge in [0, 0.05) is 29.2 Å². The van der Waals surface area contributed by atoms with Gasteiger partial charge in [-0.25, -0.2) is 0 Å². The summed E-state index contributed by atoms with van der Waals surface area (Å²) in [4.78, 5) is 78.1. The third kappa shape index (κ3) is 12.2. The number of aliphatic hydroxyl groups excluding tert-OH is 1. The van der Waals surface area contributed by atoms with E-state index in [4.69, 9.17) is 10.8 Å². The van der Waals surface area contributed by atoms with E-state index in [0.29, 0.717) is 17.1 Å². The largest absolute Gasteiger partial charge is 0.481 e. The van der Waals surface area contributed by atoms with Crippen LogP contribution in [0.2, 0.25) is 0 Å². The summed E-state index contributed by atoms with van der Waals surface area (Å²) in [6.07, 6.45) is -1.91. The van der Waals surface area contributed by atoms with Crippen molar-refractivity contribution in [2.24, 2.45) is 17.6 Å². The van der Waals surface area contributed by atoms with Gasteiger partial charge < -0.3 is 37.2 Å². The SMILES string of the molecule is CC(C)C[C@H](NC(=O)[C@@H](NC(=O)[C@@H](N)CCC(=O)O)C(C)C)C(=O)N[C@@H](Cc1ccccc1)[C@@H](O)C(=O)Nc1cccc(-c2nsc(=O)[nH]2)c1. The molecule has 15 nitrogen and oxygen atoms in total. The van der Waals surface area contributed by atoms with Crippen molar-refractivity contribution in [3.8, 4) is 11.4 Å². The van der Waals surface area contributed by atoms with Crippen molar-refractivity contribution >= 4 is 46.8 Å². The van der Waals surface area contributed by atoms with Gasteiger partial charge in [-0.2, -0.15) is 4.37 Å². The van der Waals surface area contributed by atoms with Crippen molar-refractivity contribution in [1.82, 2.24) is 25.3 Å². The number of H-pyrrole nitrogens is 1. The molecule has 16 heteroatoms. The molecule has 0 unspecified atom stereocenters. The van der Waals surface area contributed by atoms with Crippen LogP contribution in [-0.4, -0.2) is 79.4 Å². The van der Waals surface area contributed by atoms with Crippen molar-refractivity contribution in [3.63, 3.8) is 0 Å². The van der Waals surface area contributed by atoms with Crippen LogP contribution in [0, 0.1) is 11.8 Å². The second-order valence-electron chi connectivity index (χ2n) is 12.7. The van der Waals surface area contributed by atoms with Crippen LogP contribution >= 0.6 is 11.5 Å². The summed E-state index contributed by atoms with van der Waals surface area (Å²) in [6, 6.07) is 11.0. The summed E-state index contributed by atoms with van der Waals surface area (Å²) in [5, 5.41) is 30.9. The van der Waals surface area contributed by atoms with E-state index in [1.807, 2.05) is 13.8 Å². The maximum absolute atomic E-state index is 13.8. The van der Waals surface area contributed by atoms with Crippen LogP contribution in [0.5, 0.6) is 0 Å². The summed E-state index contributed by atoms with van der Waals surface area (Å²) >= 11 is 0.756. The molecule has 2 aromatic carbocycles. The highest BCUT2D eigenvalue weighted by Gasteiger charge is 2.34. The fraction of sp³-hybridized carbons (Fsp3) is 0.441. The molecule has 0 fully saturated rings. The highest BCUT2D eigenvalue weighted by molar-refractivity contribution is 7.03. The van der Waals surface area contributed by atoms with Crippen LogP contribution in [0.3, 0.4) is 0 Å². The Labute approximate surface area is 293 Å². The molecule has 0 aliphatic rings. The molecule has 3 aromatic rings. The molecular weight excluding hydrogens is 666 g/mol. The van der Waals surface area contributed by atoms with Gasteiger partial charge >= 0.3 is 10.8 Å². The molecule has 0 spiro atoms. The van der Waals surface area contributed by atoms with Gasteiger partial charge in [0.15, 0.2) is 11.9 Å². The fourth-order valence-corrected chi connectivity index (χ4v) is 5.53. The molecule has 3 rings (SSSR count). The van der Waals surface area contributed by atoms with E-state index in [1.165, 1.54) is 0 Å². The maximum atomic E-state index is 13.8. The second-order valence-corrected chi connectivity index (χ2v) is 13.5. The lowest BCUT2D eigenvalue weighted by atomic mass is 9.97. The number of rotatable bonds is 18. The predicted octanol–water partition coefficient (Wildman–Crippen LogP) is 1.39. The van der Waals surface area contributed by atoms with Crippen molar-refractivity contribution < 1.29 is 34.2 Å². The van der Waals surface area contributed by atoms with Crippen LogP contribution in [0.4, 0.5) is 5.69 Å². The minimum Gasteiger partial charge on any atom is -0.481 e. The number of nitrogens with zero attached hydrogens (tertiary/aromatic N) is 1. The molecule has 1 aromatic heterocycles. The first-order valence-corrected chi connectivity index (χ1v) is 17.0. The lowest BCUT2D eigenvalue weighted by molar-refractivity contribution is -0.137. The normalized spacial score (nSPS) is 14.2. The molecule has 0 aliphatic heterocycles. The Kier molecular flexibility index (Phi) is 14.8. The Balaban J connectivity index is 1.79. The third-order valence-corrected chi connectivity index (χ3v) is 8.25. The van der Waals surface area contributed by atoms with Crippen molar-refractivity contribution in [2.75, 3.05) is 5.32 Å². The molecule has 270 valence electrons. The molecule has 50 heavy (non-hydrogen) atoms. The van der Waals surface area contributed by atoms with E-state index >= 15 is 0 Å². The van der Waals surface area contributed by atoms with Gasteiger partial charge in [-0.15, -0.1) is 0 Å². The van der Waals surface area contributed by atoms with E-state index in [2.05, 4.69) is 30.6 Å². The molecule has 0 aliphatic carbocycles. The third-order valence-electron chi connectivity index (χ3n) is 7.71. The zero-order chi connectivity index (χ0) is 37.0. The van der Waals surface area contributed by atoms with Crippen LogP contribution in [0.1, 0.15) is 52.5 Å². The number of aliphatic hydroxyl groups is 1. The van der Waals surface area contributed by atoms with Crippen molar-refractivity contribution in [2.45, 2.75) is 83.6 Å². The van der Waals surface area contributed by atoms with Crippen LogP contribution in [0.15, 0.2) is 59.4 Å². The Hall–Kier alpha value is -4.93. The van der Waals surface area contributed by atoms with E-state index in [1.54, 1.807) is 68.4 Å². The number of aromatic nitrogens is 2. The second kappa shape index (κ2) is 18.7. The maximum Gasteiger partial charge on any atom is 0.323 e. The van der Waals surface area contributed by atoms with E-state index < -0.39 is 65.8 Å². The number of aliphatic carboxylic acids is 1.